The van der Waals surface area contributed by atoms with Crippen molar-refractivity contribution in [1.29, 1.82) is 0 Å². The molecule has 1 aromatic heterocycles. The average Bonchev–Trinajstić information content (AvgIpc) is 2.77. The molecular weight excluding hydrogens is 226 g/mol. The standard InChI is InChI=1S/C14H19N3O/c1-9-6-13(18-4)10(2)5-11(9)14(15)12-7-16-8-17(12)3/h5-8,14H,15H2,1-4H3. The predicted octanol–water partition coefficient (Wildman–Crippen LogP) is 2.09. The second-order valence-corrected chi connectivity index (χ2v) is 4.59. The van der Waals surface area contributed by atoms with Crippen LogP contribution in [-0.4, -0.2) is 16.7 Å². The van der Waals surface area contributed by atoms with Gasteiger partial charge in [-0.05, 0) is 36.6 Å². The fourth-order valence-electron chi connectivity index (χ4n) is 2.19. The van der Waals surface area contributed by atoms with E-state index in [1.54, 1.807) is 13.4 Å². The smallest absolute Gasteiger partial charge is 0.122 e. The molecule has 0 fully saturated rings. The maximum absolute atomic E-state index is 6.32. The number of imidazole rings is 1. The van der Waals surface area contributed by atoms with E-state index in [4.69, 9.17) is 10.5 Å². The first-order chi connectivity index (χ1) is 8.54. The van der Waals surface area contributed by atoms with E-state index in [2.05, 4.69) is 11.1 Å². The van der Waals surface area contributed by atoms with Crippen LogP contribution in [-0.2, 0) is 7.05 Å². The van der Waals surface area contributed by atoms with Crippen molar-refractivity contribution in [2.24, 2.45) is 12.8 Å². The number of aromatic nitrogens is 2. The molecule has 4 nitrogen and oxygen atoms in total. The summed E-state index contributed by atoms with van der Waals surface area (Å²) in [4.78, 5) is 4.11. The second kappa shape index (κ2) is 4.82. The van der Waals surface area contributed by atoms with E-state index in [1.165, 1.54) is 0 Å². The first kappa shape index (κ1) is 12.6. The van der Waals surface area contributed by atoms with Gasteiger partial charge in [-0.15, -0.1) is 0 Å². The van der Waals surface area contributed by atoms with Crippen molar-refractivity contribution in [3.8, 4) is 5.75 Å². The normalized spacial score (nSPS) is 12.5. The van der Waals surface area contributed by atoms with Crippen LogP contribution in [0.15, 0.2) is 24.7 Å². The SMILES string of the molecule is COc1cc(C)c(C(N)c2cncn2C)cc1C. The van der Waals surface area contributed by atoms with Gasteiger partial charge in [0.25, 0.3) is 0 Å². The monoisotopic (exact) mass is 245 g/mol. The van der Waals surface area contributed by atoms with Crippen LogP contribution in [0.5, 0.6) is 5.75 Å². The van der Waals surface area contributed by atoms with E-state index in [0.29, 0.717) is 0 Å². The van der Waals surface area contributed by atoms with Crippen LogP contribution >= 0.6 is 0 Å². The van der Waals surface area contributed by atoms with Crippen molar-refractivity contribution in [2.45, 2.75) is 19.9 Å². The summed E-state index contributed by atoms with van der Waals surface area (Å²) >= 11 is 0. The van der Waals surface area contributed by atoms with Crippen molar-refractivity contribution in [3.63, 3.8) is 0 Å². The van der Waals surface area contributed by atoms with Gasteiger partial charge >= 0.3 is 0 Å². The van der Waals surface area contributed by atoms with Crippen LogP contribution < -0.4 is 10.5 Å². The number of nitrogens with two attached hydrogens (primary N) is 1. The summed E-state index contributed by atoms with van der Waals surface area (Å²) in [5, 5.41) is 0. The number of aryl methyl sites for hydroxylation is 3. The molecule has 0 saturated carbocycles. The number of ether oxygens (including phenoxy) is 1. The molecule has 4 heteroatoms. The molecule has 1 atom stereocenters. The first-order valence-corrected chi connectivity index (χ1v) is 5.91. The van der Waals surface area contributed by atoms with Gasteiger partial charge in [-0.3, -0.25) is 0 Å². The molecule has 0 spiro atoms. The van der Waals surface area contributed by atoms with E-state index >= 15 is 0 Å². The van der Waals surface area contributed by atoms with Crippen molar-refractivity contribution < 1.29 is 4.74 Å². The Labute approximate surface area is 107 Å². The lowest BCUT2D eigenvalue weighted by atomic mass is 9.97. The van der Waals surface area contributed by atoms with Gasteiger partial charge in [0.05, 0.1) is 31.4 Å². The third-order valence-electron chi connectivity index (χ3n) is 3.29. The molecule has 2 rings (SSSR count). The van der Waals surface area contributed by atoms with Crippen molar-refractivity contribution in [3.05, 3.63) is 47.0 Å². The first-order valence-electron chi connectivity index (χ1n) is 5.91. The minimum absolute atomic E-state index is 0.165. The Morgan fingerprint density at radius 1 is 1.28 bits per heavy atom. The van der Waals surface area contributed by atoms with E-state index in [-0.39, 0.29) is 6.04 Å². The molecule has 0 aliphatic heterocycles. The molecule has 1 unspecified atom stereocenters. The molecule has 96 valence electrons. The lowest BCUT2D eigenvalue weighted by Crippen LogP contribution is -2.16. The molecule has 0 bridgehead atoms. The third-order valence-corrected chi connectivity index (χ3v) is 3.29. The Hall–Kier alpha value is -1.81. The Morgan fingerprint density at radius 2 is 2.00 bits per heavy atom. The van der Waals surface area contributed by atoms with Crippen LogP contribution in [0.2, 0.25) is 0 Å². The molecule has 2 N–H and O–H groups in total. The fraction of sp³-hybridized carbons (Fsp3) is 0.357. The van der Waals surface area contributed by atoms with E-state index < -0.39 is 0 Å². The van der Waals surface area contributed by atoms with Gasteiger partial charge in [-0.2, -0.15) is 0 Å². The number of nitrogens with zero attached hydrogens (tertiary/aromatic N) is 2. The van der Waals surface area contributed by atoms with Crippen LogP contribution in [0.3, 0.4) is 0 Å². The van der Waals surface area contributed by atoms with Gasteiger partial charge in [-0.25, -0.2) is 4.98 Å². The van der Waals surface area contributed by atoms with E-state index in [0.717, 1.165) is 28.1 Å². The van der Waals surface area contributed by atoms with Crippen molar-refractivity contribution in [1.82, 2.24) is 9.55 Å². The summed E-state index contributed by atoms with van der Waals surface area (Å²) in [5.74, 6) is 0.897. The van der Waals surface area contributed by atoms with Crippen LogP contribution in [0.4, 0.5) is 0 Å². The number of rotatable bonds is 3. The summed E-state index contributed by atoms with van der Waals surface area (Å²) in [6, 6.07) is 3.95. The number of hydrogen-bond donors (Lipinski definition) is 1. The summed E-state index contributed by atoms with van der Waals surface area (Å²) in [6.45, 7) is 4.07. The topological polar surface area (TPSA) is 53.1 Å². The van der Waals surface area contributed by atoms with Gasteiger partial charge in [0.1, 0.15) is 5.75 Å². The van der Waals surface area contributed by atoms with Crippen LogP contribution in [0, 0.1) is 13.8 Å². The molecule has 0 aliphatic rings. The highest BCUT2D eigenvalue weighted by Gasteiger charge is 2.16. The predicted molar refractivity (Wildman–Crippen MR) is 71.7 cm³/mol. The highest BCUT2D eigenvalue weighted by atomic mass is 16.5. The third kappa shape index (κ3) is 2.11. The zero-order valence-corrected chi connectivity index (χ0v) is 11.3. The largest absolute Gasteiger partial charge is 0.496 e. The molecular formula is C14H19N3O. The molecule has 1 heterocycles. The second-order valence-electron chi connectivity index (χ2n) is 4.59. The molecule has 0 amide bonds. The maximum atomic E-state index is 6.32. The van der Waals surface area contributed by atoms with Crippen molar-refractivity contribution in [2.75, 3.05) is 7.11 Å². The van der Waals surface area contributed by atoms with Gasteiger partial charge in [0.15, 0.2) is 0 Å². The average molecular weight is 245 g/mol. The lowest BCUT2D eigenvalue weighted by Gasteiger charge is -2.17. The molecule has 1 aromatic carbocycles. The molecule has 18 heavy (non-hydrogen) atoms. The Bertz CT molecular complexity index is 560. The van der Waals surface area contributed by atoms with Gasteiger partial charge in [-0.1, -0.05) is 6.07 Å². The summed E-state index contributed by atoms with van der Waals surface area (Å²) < 4.78 is 7.26. The summed E-state index contributed by atoms with van der Waals surface area (Å²) in [5.41, 5.74) is 10.7. The van der Waals surface area contributed by atoms with Crippen molar-refractivity contribution >= 4 is 0 Å². The van der Waals surface area contributed by atoms with Crippen LogP contribution in [0.25, 0.3) is 0 Å². The minimum Gasteiger partial charge on any atom is -0.496 e. The van der Waals surface area contributed by atoms with Gasteiger partial charge < -0.3 is 15.0 Å². The summed E-state index contributed by atoms with van der Waals surface area (Å²) in [6.07, 6.45) is 3.57. The molecule has 2 aromatic rings. The summed E-state index contributed by atoms with van der Waals surface area (Å²) in [7, 11) is 3.64. The zero-order valence-electron chi connectivity index (χ0n) is 11.3. The van der Waals surface area contributed by atoms with Gasteiger partial charge in [0.2, 0.25) is 0 Å². The lowest BCUT2D eigenvalue weighted by molar-refractivity contribution is 0.411. The molecule has 0 saturated heterocycles. The van der Waals surface area contributed by atoms with E-state index in [1.807, 2.05) is 37.7 Å². The number of methoxy groups -OCH3 is 1. The zero-order chi connectivity index (χ0) is 13.3. The maximum Gasteiger partial charge on any atom is 0.122 e. The van der Waals surface area contributed by atoms with E-state index in [9.17, 15) is 0 Å². The molecule has 0 aliphatic carbocycles. The Kier molecular flexibility index (Phi) is 3.39. The Morgan fingerprint density at radius 3 is 2.56 bits per heavy atom. The molecule has 0 radical (unpaired) electrons. The number of benzene rings is 1. The Balaban J connectivity index is 2.46. The van der Waals surface area contributed by atoms with Gasteiger partial charge in [0, 0.05) is 7.05 Å². The minimum atomic E-state index is -0.165. The highest BCUT2D eigenvalue weighted by Crippen LogP contribution is 2.28. The van der Waals surface area contributed by atoms with Crippen LogP contribution in [0.1, 0.15) is 28.4 Å². The quantitative estimate of drug-likeness (QED) is 0.901. The fourth-order valence-corrected chi connectivity index (χ4v) is 2.19. The highest BCUT2D eigenvalue weighted by molar-refractivity contribution is 5.44. The number of hydrogen-bond acceptors (Lipinski definition) is 3.